The van der Waals surface area contributed by atoms with E-state index in [0.717, 1.165) is 0 Å². The first-order valence-electron chi connectivity index (χ1n) is 3.63. The lowest BCUT2D eigenvalue weighted by Gasteiger charge is -1.86. The van der Waals surface area contributed by atoms with Gasteiger partial charge in [0.15, 0.2) is 11.2 Å². The van der Waals surface area contributed by atoms with E-state index in [-0.39, 0.29) is 11.2 Å². The lowest BCUT2D eigenvalue weighted by Crippen LogP contribution is -2.21. The van der Waals surface area contributed by atoms with Gasteiger partial charge in [0.2, 0.25) is 5.16 Å². The largest absolute Gasteiger partial charge is 0.327 e. The molecule has 0 radical (unpaired) electrons. The van der Waals surface area contributed by atoms with Crippen LogP contribution in [0.2, 0.25) is 0 Å². The van der Waals surface area contributed by atoms with E-state index in [1.165, 1.54) is 0 Å². The summed E-state index contributed by atoms with van der Waals surface area (Å²) in [6.07, 6.45) is 0. The minimum absolute atomic E-state index is 0.154. The second kappa shape index (κ2) is 2.77. The number of nitrogens with two attached hydrogens (primary N) is 1. The number of primary sulfonamides is 1. The maximum absolute atomic E-state index is 11.2. The Morgan fingerprint density at radius 2 is 1.80 bits per heavy atom. The Morgan fingerprint density at radius 1 is 1.13 bits per heavy atom. The molecule has 80 valence electrons. The zero-order chi connectivity index (χ0) is 11.2. The van der Waals surface area contributed by atoms with Crippen molar-refractivity contribution in [2.75, 3.05) is 0 Å². The van der Waals surface area contributed by atoms with Gasteiger partial charge in [-0.15, -0.1) is 0 Å². The van der Waals surface area contributed by atoms with Crippen LogP contribution in [0.3, 0.4) is 0 Å². The van der Waals surface area contributed by atoms with Gasteiger partial charge >= 0.3 is 5.69 Å². The van der Waals surface area contributed by atoms with E-state index >= 15 is 0 Å². The van der Waals surface area contributed by atoms with Gasteiger partial charge in [-0.1, -0.05) is 0 Å². The van der Waals surface area contributed by atoms with E-state index in [9.17, 15) is 18.0 Å². The number of H-pyrrole nitrogens is 3. The number of sulfonamides is 1. The molecule has 0 spiro atoms. The van der Waals surface area contributed by atoms with Crippen LogP contribution in [0.25, 0.3) is 11.2 Å². The van der Waals surface area contributed by atoms with Crippen LogP contribution in [0.1, 0.15) is 0 Å². The van der Waals surface area contributed by atoms with Crippen LogP contribution in [0.5, 0.6) is 0 Å². The average molecular weight is 231 g/mol. The van der Waals surface area contributed by atoms with Gasteiger partial charge in [0, 0.05) is 0 Å². The molecule has 0 aliphatic carbocycles. The van der Waals surface area contributed by atoms with E-state index in [2.05, 4.69) is 15.0 Å². The molecule has 2 aromatic heterocycles. The molecule has 0 bridgehead atoms. The molecule has 0 atom stereocenters. The minimum Gasteiger partial charge on any atom is -0.322 e. The zero-order valence-corrected chi connectivity index (χ0v) is 7.88. The summed E-state index contributed by atoms with van der Waals surface area (Å²) in [7, 11) is -4.04. The third-order valence-electron chi connectivity index (χ3n) is 1.64. The van der Waals surface area contributed by atoms with Gasteiger partial charge in [-0.25, -0.2) is 18.4 Å². The summed E-state index contributed by atoms with van der Waals surface area (Å²) >= 11 is 0. The first-order valence-corrected chi connectivity index (χ1v) is 5.17. The standard InChI is InChI=1S/C5H5N5O4S/c6-15(13,14)5-7-1-2(9-5)8-4(12)10-3(1)11/h(H2,6,13,14)(H3,7,8,9,10,11,12). The number of nitrogens with zero attached hydrogens (tertiary/aromatic N) is 1. The SMILES string of the molecule is NS(=O)(=O)c1nc2[nH]c(=O)[nH]c(=O)c2[nH]1. The van der Waals surface area contributed by atoms with E-state index < -0.39 is 26.4 Å². The van der Waals surface area contributed by atoms with Crippen molar-refractivity contribution in [2.45, 2.75) is 5.16 Å². The summed E-state index contributed by atoms with van der Waals surface area (Å²) in [5.41, 5.74) is -1.86. The molecule has 0 saturated carbocycles. The molecule has 0 aromatic carbocycles. The van der Waals surface area contributed by atoms with Crippen molar-refractivity contribution in [3.05, 3.63) is 20.8 Å². The number of fused-ring (bicyclic) bond motifs is 1. The van der Waals surface area contributed by atoms with Crippen molar-refractivity contribution in [1.82, 2.24) is 19.9 Å². The van der Waals surface area contributed by atoms with Gasteiger partial charge in [-0.05, 0) is 0 Å². The summed E-state index contributed by atoms with van der Waals surface area (Å²) in [5, 5.41) is 4.20. The maximum atomic E-state index is 11.2. The van der Waals surface area contributed by atoms with Crippen LogP contribution in [0, 0.1) is 0 Å². The fourth-order valence-electron chi connectivity index (χ4n) is 1.05. The van der Waals surface area contributed by atoms with Gasteiger partial charge in [-0.3, -0.25) is 14.8 Å². The molecule has 2 rings (SSSR count). The fraction of sp³-hybridized carbons (Fsp3) is 0. The second-order valence-corrected chi connectivity index (χ2v) is 4.20. The van der Waals surface area contributed by atoms with Gasteiger partial charge < -0.3 is 4.98 Å². The summed E-state index contributed by atoms with van der Waals surface area (Å²) in [6, 6.07) is 0. The van der Waals surface area contributed by atoms with Crippen molar-refractivity contribution in [2.24, 2.45) is 5.14 Å². The zero-order valence-electron chi connectivity index (χ0n) is 7.07. The number of aromatic nitrogens is 4. The number of hydrogen-bond donors (Lipinski definition) is 4. The molecule has 15 heavy (non-hydrogen) atoms. The predicted molar refractivity (Wildman–Crippen MR) is 48.7 cm³/mol. The Balaban J connectivity index is 2.95. The normalized spacial score (nSPS) is 12.1. The lowest BCUT2D eigenvalue weighted by molar-refractivity contribution is 0.591. The van der Waals surface area contributed by atoms with Gasteiger partial charge in [0.1, 0.15) is 0 Å². The molecule has 0 aliphatic heterocycles. The fourth-order valence-corrected chi connectivity index (χ4v) is 1.51. The van der Waals surface area contributed by atoms with Crippen molar-refractivity contribution in [3.8, 4) is 0 Å². The topological polar surface area (TPSA) is 155 Å². The van der Waals surface area contributed by atoms with Crippen molar-refractivity contribution in [1.29, 1.82) is 0 Å². The molecule has 0 unspecified atom stereocenters. The molecule has 0 fully saturated rings. The predicted octanol–water partition coefficient (Wildman–Crippen LogP) is -2.41. The first-order chi connectivity index (χ1) is 6.88. The lowest BCUT2D eigenvalue weighted by atomic mass is 10.5. The smallest absolute Gasteiger partial charge is 0.322 e. The Hall–Kier alpha value is -1.94. The number of aromatic amines is 3. The molecule has 0 amide bonds. The van der Waals surface area contributed by atoms with Crippen LogP contribution in [-0.2, 0) is 10.0 Å². The quantitative estimate of drug-likeness (QED) is 0.430. The Labute approximate surface area is 81.4 Å². The van der Waals surface area contributed by atoms with Gasteiger partial charge in [0.25, 0.3) is 15.6 Å². The highest BCUT2D eigenvalue weighted by Gasteiger charge is 2.15. The number of imidazole rings is 1. The molecular weight excluding hydrogens is 226 g/mol. The third-order valence-corrected chi connectivity index (χ3v) is 2.37. The summed E-state index contributed by atoms with van der Waals surface area (Å²) < 4.78 is 21.8. The molecule has 2 heterocycles. The van der Waals surface area contributed by atoms with Crippen molar-refractivity contribution >= 4 is 21.2 Å². The summed E-state index contributed by atoms with van der Waals surface area (Å²) in [4.78, 5) is 31.7. The van der Waals surface area contributed by atoms with Gasteiger partial charge in [0.05, 0.1) is 0 Å². The molecular formula is C5H5N5O4S. The average Bonchev–Trinajstić information content (AvgIpc) is 2.46. The maximum Gasteiger partial charge on any atom is 0.327 e. The molecule has 9 nitrogen and oxygen atoms in total. The van der Waals surface area contributed by atoms with E-state index in [4.69, 9.17) is 5.14 Å². The van der Waals surface area contributed by atoms with Crippen LogP contribution >= 0.6 is 0 Å². The van der Waals surface area contributed by atoms with Crippen molar-refractivity contribution < 1.29 is 8.42 Å². The first kappa shape index (κ1) is 9.61. The Morgan fingerprint density at radius 3 is 2.40 bits per heavy atom. The Kier molecular flexibility index (Phi) is 1.78. The summed E-state index contributed by atoms with van der Waals surface area (Å²) in [5.74, 6) is 0. The van der Waals surface area contributed by atoms with Crippen LogP contribution in [0.15, 0.2) is 14.7 Å². The molecule has 2 aromatic rings. The number of rotatable bonds is 1. The molecule has 0 saturated heterocycles. The van der Waals surface area contributed by atoms with Crippen LogP contribution in [-0.4, -0.2) is 28.4 Å². The van der Waals surface area contributed by atoms with E-state index in [1.807, 2.05) is 4.98 Å². The van der Waals surface area contributed by atoms with Crippen LogP contribution in [0.4, 0.5) is 0 Å². The highest BCUT2D eigenvalue weighted by atomic mass is 32.2. The molecule has 0 aliphatic rings. The minimum atomic E-state index is -4.04. The second-order valence-electron chi connectivity index (χ2n) is 2.72. The third kappa shape index (κ3) is 1.55. The van der Waals surface area contributed by atoms with Crippen LogP contribution < -0.4 is 16.4 Å². The number of hydrogen-bond acceptors (Lipinski definition) is 5. The molecule has 10 heteroatoms. The Bertz CT molecular complexity index is 735. The van der Waals surface area contributed by atoms with Crippen molar-refractivity contribution in [3.63, 3.8) is 0 Å². The van der Waals surface area contributed by atoms with E-state index in [0.29, 0.717) is 0 Å². The van der Waals surface area contributed by atoms with E-state index in [1.54, 1.807) is 0 Å². The summed E-state index contributed by atoms with van der Waals surface area (Å²) in [6.45, 7) is 0. The highest BCUT2D eigenvalue weighted by Crippen LogP contribution is 2.04. The monoisotopic (exact) mass is 231 g/mol. The van der Waals surface area contributed by atoms with Gasteiger partial charge in [-0.2, -0.15) is 4.98 Å². The molecule has 5 N–H and O–H groups in total. The highest BCUT2D eigenvalue weighted by molar-refractivity contribution is 7.89. The number of nitrogens with one attached hydrogen (secondary N) is 3.